The van der Waals surface area contributed by atoms with Crippen molar-refractivity contribution in [1.82, 2.24) is 14.5 Å². The fraction of sp³-hybridized carbons (Fsp3) is 0.692. The van der Waals surface area contributed by atoms with Gasteiger partial charge >= 0.3 is 0 Å². The van der Waals surface area contributed by atoms with Crippen LogP contribution >= 0.6 is 0 Å². The van der Waals surface area contributed by atoms with Crippen LogP contribution in [0.25, 0.3) is 6.08 Å². The van der Waals surface area contributed by atoms with Crippen LogP contribution in [0, 0.1) is 5.92 Å². The number of hydrogen-bond acceptors (Lipinski definition) is 6. The summed E-state index contributed by atoms with van der Waals surface area (Å²) in [5.41, 5.74) is 1.24. The number of hydrogen-bond donors (Lipinski definition) is 0. The van der Waals surface area contributed by atoms with E-state index < -0.39 is 16.1 Å². The Morgan fingerprint density at radius 3 is 2.81 bits per heavy atom. The van der Waals surface area contributed by atoms with Crippen LogP contribution in [0.4, 0.5) is 0 Å². The quantitative estimate of drug-likeness (QED) is 0.830. The number of allylic oxidation sites excluding steroid dienone is 1. The first kappa shape index (κ1) is 14.7. The lowest BCUT2D eigenvalue weighted by Gasteiger charge is -2.29. The number of sulfonamides is 1. The van der Waals surface area contributed by atoms with Crippen LogP contribution < -0.4 is 0 Å². The van der Waals surface area contributed by atoms with Crippen molar-refractivity contribution in [1.29, 1.82) is 0 Å². The molecule has 1 atom stereocenters. The molecule has 0 bridgehead atoms. The highest BCUT2D eigenvalue weighted by molar-refractivity contribution is 7.88. The van der Waals surface area contributed by atoms with Crippen molar-refractivity contribution in [3.8, 4) is 0 Å². The summed E-state index contributed by atoms with van der Waals surface area (Å²) in [4.78, 5) is 0. The molecule has 0 spiro atoms. The van der Waals surface area contributed by atoms with Crippen LogP contribution in [0.15, 0.2) is 9.99 Å². The minimum absolute atomic E-state index is 0.214. The van der Waals surface area contributed by atoms with Crippen molar-refractivity contribution in [3.63, 3.8) is 0 Å². The molecule has 7 nitrogen and oxygen atoms in total. The van der Waals surface area contributed by atoms with E-state index in [1.165, 1.54) is 29.0 Å². The Morgan fingerprint density at radius 2 is 2.14 bits per heavy atom. The number of aromatic nitrogens is 2. The summed E-state index contributed by atoms with van der Waals surface area (Å²) in [5.74, 6) is 1.43. The Labute approximate surface area is 124 Å². The Balaban J connectivity index is 1.72. The van der Waals surface area contributed by atoms with Crippen molar-refractivity contribution in [3.05, 3.63) is 17.4 Å². The molecule has 1 aliphatic carbocycles. The summed E-state index contributed by atoms with van der Waals surface area (Å²) in [5, 5.41) is 7.97. The molecule has 116 valence electrons. The largest absolute Gasteiger partial charge is 0.418 e. The molecule has 0 N–H and O–H groups in total. The lowest BCUT2D eigenvalue weighted by Crippen LogP contribution is -2.41. The van der Waals surface area contributed by atoms with Gasteiger partial charge in [-0.25, -0.2) is 8.42 Å². The van der Waals surface area contributed by atoms with E-state index in [-0.39, 0.29) is 6.54 Å². The molecule has 0 amide bonds. The van der Waals surface area contributed by atoms with Gasteiger partial charge in [0, 0.05) is 19.2 Å². The van der Waals surface area contributed by atoms with Gasteiger partial charge in [-0.05, 0) is 25.7 Å². The Hall–Kier alpha value is -1.25. The van der Waals surface area contributed by atoms with Crippen molar-refractivity contribution >= 4 is 16.1 Å². The lowest BCUT2D eigenvalue weighted by molar-refractivity contribution is -0.0172. The average molecular weight is 313 g/mol. The molecule has 2 fully saturated rings. The molecule has 1 aromatic heterocycles. The van der Waals surface area contributed by atoms with E-state index in [2.05, 4.69) is 17.1 Å². The van der Waals surface area contributed by atoms with Crippen LogP contribution in [0.2, 0.25) is 0 Å². The minimum Gasteiger partial charge on any atom is -0.418 e. The standard InChI is InChI=1S/C13H19N3O4S/c1-9(10-3-4-10)7-12-14-15-13(20-12)11-8-16(5-6-19-11)21(2,17)18/h7,10-11H,3-6,8H2,1-2H3/b9-7+. The summed E-state index contributed by atoms with van der Waals surface area (Å²) in [6.45, 7) is 2.96. The summed E-state index contributed by atoms with van der Waals surface area (Å²) < 4.78 is 35.7. The average Bonchev–Trinajstić information content (AvgIpc) is 3.19. The third-order valence-electron chi connectivity index (χ3n) is 3.80. The third-order valence-corrected chi connectivity index (χ3v) is 5.07. The Morgan fingerprint density at radius 1 is 1.38 bits per heavy atom. The fourth-order valence-electron chi connectivity index (χ4n) is 2.36. The van der Waals surface area contributed by atoms with Gasteiger partial charge in [0.25, 0.3) is 0 Å². The zero-order valence-corrected chi connectivity index (χ0v) is 13.0. The summed E-state index contributed by atoms with van der Waals surface area (Å²) >= 11 is 0. The molecular weight excluding hydrogens is 294 g/mol. The molecule has 2 aliphatic rings. The maximum atomic E-state index is 11.6. The van der Waals surface area contributed by atoms with E-state index in [0.717, 1.165) is 0 Å². The third kappa shape index (κ3) is 3.50. The first-order valence-electron chi connectivity index (χ1n) is 7.02. The second-order valence-corrected chi connectivity index (χ2v) is 7.60. The fourth-order valence-corrected chi connectivity index (χ4v) is 3.17. The zero-order chi connectivity index (χ0) is 15.0. The van der Waals surface area contributed by atoms with Crippen molar-refractivity contribution < 1.29 is 17.6 Å². The van der Waals surface area contributed by atoms with Crippen LogP contribution in [-0.2, 0) is 14.8 Å². The molecule has 21 heavy (non-hydrogen) atoms. The minimum atomic E-state index is -3.23. The summed E-state index contributed by atoms with van der Waals surface area (Å²) in [6.07, 6.45) is 5.03. The smallest absolute Gasteiger partial charge is 0.246 e. The summed E-state index contributed by atoms with van der Waals surface area (Å²) in [7, 11) is -3.23. The predicted molar refractivity (Wildman–Crippen MR) is 75.8 cm³/mol. The number of morpholine rings is 1. The zero-order valence-electron chi connectivity index (χ0n) is 12.2. The van der Waals surface area contributed by atoms with Gasteiger partial charge in [-0.15, -0.1) is 10.2 Å². The van der Waals surface area contributed by atoms with Gasteiger partial charge in [-0.3, -0.25) is 0 Å². The van der Waals surface area contributed by atoms with Gasteiger partial charge in [0.2, 0.25) is 21.8 Å². The maximum Gasteiger partial charge on any atom is 0.246 e. The second-order valence-electron chi connectivity index (χ2n) is 5.62. The highest BCUT2D eigenvalue weighted by atomic mass is 32.2. The van der Waals surface area contributed by atoms with Gasteiger partial charge in [0.1, 0.15) is 6.10 Å². The molecule has 0 radical (unpaired) electrons. The van der Waals surface area contributed by atoms with Crippen LogP contribution in [0.1, 0.15) is 37.7 Å². The summed E-state index contributed by atoms with van der Waals surface area (Å²) in [6, 6.07) is 0. The molecule has 0 aromatic carbocycles. The molecule has 8 heteroatoms. The van der Waals surface area contributed by atoms with E-state index in [4.69, 9.17) is 9.15 Å². The maximum absolute atomic E-state index is 11.6. The Kier molecular flexibility index (Phi) is 3.85. The second kappa shape index (κ2) is 5.51. The topological polar surface area (TPSA) is 85.5 Å². The number of rotatable bonds is 4. The van der Waals surface area contributed by atoms with Crippen LogP contribution in [0.5, 0.6) is 0 Å². The first-order chi connectivity index (χ1) is 9.93. The lowest BCUT2D eigenvalue weighted by atomic mass is 10.2. The molecular formula is C13H19N3O4S. The molecule has 3 rings (SSSR count). The van der Waals surface area contributed by atoms with Gasteiger partial charge in [-0.2, -0.15) is 4.31 Å². The number of nitrogens with zero attached hydrogens (tertiary/aromatic N) is 3. The molecule has 1 aromatic rings. The van der Waals surface area contributed by atoms with Crippen LogP contribution in [0.3, 0.4) is 0 Å². The van der Waals surface area contributed by atoms with E-state index in [0.29, 0.717) is 30.9 Å². The molecule has 1 aliphatic heterocycles. The van der Waals surface area contributed by atoms with Gasteiger partial charge in [0.05, 0.1) is 12.9 Å². The Bertz CT molecular complexity index is 648. The van der Waals surface area contributed by atoms with Gasteiger partial charge in [-0.1, -0.05) is 5.57 Å². The van der Waals surface area contributed by atoms with Crippen molar-refractivity contribution in [2.45, 2.75) is 25.9 Å². The molecule has 1 unspecified atom stereocenters. The highest BCUT2D eigenvalue weighted by Crippen LogP contribution is 2.37. The first-order valence-corrected chi connectivity index (χ1v) is 8.86. The number of ether oxygens (including phenoxy) is 1. The van der Waals surface area contributed by atoms with Crippen LogP contribution in [-0.4, -0.2) is 48.9 Å². The van der Waals surface area contributed by atoms with Gasteiger partial charge < -0.3 is 9.15 Å². The molecule has 2 heterocycles. The van der Waals surface area contributed by atoms with E-state index in [1.807, 2.05) is 6.08 Å². The predicted octanol–water partition coefficient (Wildman–Crippen LogP) is 1.22. The van der Waals surface area contributed by atoms with E-state index in [9.17, 15) is 8.42 Å². The SMILES string of the molecule is C/C(=C\c1nnc(C2CN(S(C)(=O)=O)CCO2)o1)C1CC1. The van der Waals surface area contributed by atoms with Crippen molar-refractivity contribution in [2.24, 2.45) is 5.92 Å². The molecule has 1 saturated carbocycles. The highest BCUT2D eigenvalue weighted by Gasteiger charge is 2.31. The normalized spacial score (nSPS) is 25.2. The monoisotopic (exact) mass is 313 g/mol. The molecule has 1 saturated heterocycles. The van der Waals surface area contributed by atoms with E-state index in [1.54, 1.807) is 0 Å². The van der Waals surface area contributed by atoms with Gasteiger partial charge in [0.15, 0.2) is 0 Å². The van der Waals surface area contributed by atoms with Crippen molar-refractivity contribution in [2.75, 3.05) is 26.0 Å². The van der Waals surface area contributed by atoms with E-state index >= 15 is 0 Å².